The number of carbonyl (C=O) groups is 2. The second kappa shape index (κ2) is 10.6. The monoisotopic (exact) mass is 490 g/mol. The van der Waals surface area contributed by atoms with Crippen LogP contribution in [0.2, 0.25) is 0 Å². The Hall–Kier alpha value is -4.21. The molecule has 2 heterocycles. The molecule has 2 aromatic carbocycles. The van der Waals surface area contributed by atoms with Crippen molar-refractivity contribution in [1.82, 2.24) is 24.1 Å². The van der Waals surface area contributed by atoms with Gasteiger partial charge in [0.1, 0.15) is 6.54 Å². The van der Waals surface area contributed by atoms with Crippen molar-refractivity contribution >= 4 is 34.2 Å². The molecular formula is C26H30N6O4. The molecule has 0 bridgehead atoms. The molecule has 0 spiro atoms. The van der Waals surface area contributed by atoms with Gasteiger partial charge in [0.15, 0.2) is 0 Å². The molecule has 36 heavy (non-hydrogen) atoms. The SMILES string of the molecule is CCc1ccc(NC(=O)Cn2nc3n(CCC(=O)NCC(C)C)c(=O)c4ccccc4n3c2=O)cc1. The number of aryl methyl sites for hydroxylation is 2. The number of benzene rings is 2. The average Bonchev–Trinajstić information content (AvgIpc) is 3.18. The number of rotatable bonds is 9. The molecule has 0 saturated carbocycles. The summed E-state index contributed by atoms with van der Waals surface area (Å²) >= 11 is 0. The Morgan fingerprint density at radius 3 is 2.42 bits per heavy atom. The minimum atomic E-state index is -0.546. The zero-order valence-corrected chi connectivity index (χ0v) is 20.7. The molecule has 0 radical (unpaired) electrons. The average molecular weight is 491 g/mol. The molecule has 0 fully saturated rings. The number of fused-ring (bicyclic) bond motifs is 3. The minimum Gasteiger partial charge on any atom is -0.356 e. The van der Waals surface area contributed by atoms with Crippen LogP contribution in [0.5, 0.6) is 0 Å². The lowest BCUT2D eigenvalue weighted by molar-refractivity contribution is -0.121. The van der Waals surface area contributed by atoms with Gasteiger partial charge in [0.2, 0.25) is 17.6 Å². The molecule has 2 amide bonds. The first kappa shape index (κ1) is 24.9. The third-order valence-corrected chi connectivity index (χ3v) is 5.89. The Balaban J connectivity index is 1.67. The highest BCUT2D eigenvalue weighted by Gasteiger charge is 2.19. The van der Waals surface area contributed by atoms with Gasteiger partial charge in [0.05, 0.1) is 10.9 Å². The Kier molecular flexibility index (Phi) is 7.33. The van der Waals surface area contributed by atoms with Crippen molar-refractivity contribution in [2.24, 2.45) is 5.92 Å². The van der Waals surface area contributed by atoms with Gasteiger partial charge in [0.25, 0.3) is 5.56 Å². The van der Waals surface area contributed by atoms with E-state index in [0.717, 1.165) is 16.7 Å². The van der Waals surface area contributed by atoms with Gasteiger partial charge in [0, 0.05) is 25.2 Å². The van der Waals surface area contributed by atoms with Crippen molar-refractivity contribution in [2.45, 2.75) is 46.7 Å². The van der Waals surface area contributed by atoms with E-state index < -0.39 is 11.6 Å². The number of para-hydroxylation sites is 1. The topological polar surface area (TPSA) is 120 Å². The van der Waals surface area contributed by atoms with Crippen molar-refractivity contribution < 1.29 is 9.59 Å². The normalized spacial score (nSPS) is 11.3. The second-order valence-electron chi connectivity index (χ2n) is 9.10. The van der Waals surface area contributed by atoms with Crippen LogP contribution in [0.3, 0.4) is 0 Å². The number of anilines is 1. The summed E-state index contributed by atoms with van der Waals surface area (Å²) in [7, 11) is 0. The van der Waals surface area contributed by atoms with Crippen LogP contribution in [0.4, 0.5) is 5.69 Å². The third-order valence-electron chi connectivity index (χ3n) is 5.89. The van der Waals surface area contributed by atoms with E-state index >= 15 is 0 Å². The first-order valence-electron chi connectivity index (χ1n) is 12.0. The maximum absolute atomic E-state index is 13.3. The zero-order chi connectivity index (χ0) is 25.8. The third kappa shape index (κ3) is 5.22. The lowest BCUT2D eigenvalue weighted by Crippen LogP contribution is -2.31. The van der Waals surface area contributed by atoms with Crippen LogP contribution in [0.15, 0.2) is 58.1 Å². The van der Waals surface area contributed by atoms with Crippen molar-refractivity contribution in [3.63, 3.8) is 0 Å². The van der Waals surface area contributed by atoms with Crippen LogP contribution in [0.1, 0.15) is 32.8 Å². The fourth-order valence-electron chi connectivity index (χ4n) is 3.95. The van der Waals surface area contributed by atoms with Crippen molar-refractivity contribution in [1.29, 1.82) is 0 Å². The van der Waals surface area contributed by atoms with E-state index in [0.29, 0.717) is 29.1 Å². The first-order chi connectivity index (χ1) is 17.3. The Morgan fingerprint density at radius 2 is 1.72 bits per heavy atom. The van der Waals surface area contributed by atoms with Crippen LogP contribution in [-0.4, -0.2) is 37.1 Å². The van der Waals surface area contributed by atoms with Crippen molar-refractivity contribution in [3.05, 3.63) is 74.9 Å². The number of amides is 2. The maximum atomic E-state index is 13.3. The molecule has 0 aliphatic rings. The van der Waals surface area contributed by atoms with Crippen LogP contribution in [-0.2, 0) is 29.1 Å². The quantitative estimate of drug-likeness (QED) is 0.373. The van der Waals surface area contributed by atoms with E-state index in [1.807, 2.05) is 32.9 Å². The van der Waals surface area contributed by atoms with E-state index in [2.05, 4.69) is 15.7 Å². The standard InChI is InChI=1S/C26H30N6O4/c1-4-18-9-11-19(12-10-18)28-23(34)16-31-26(36)32-21-8-6-5-7-20(21)24(35)30(25(32)29-31)14-13-22(33)27-15-17(2)3/h5-12,17H,4,13-16H2,1-3H3,(H,27,33)(H,28,34). The molecule has 0 saturated heterocycles. The number of hydrogen-bond donors (Lipinski definition) is 2. The molecule has 10 nitrogen and oxygen atoms in total. The molecule has 0 aliphatic carbocycles. The van der Waals surface area contributed by atoms with E-state index in [9.17, 15) is 19.2 Å². The Labute approximate surface area is 207 Å². The van der Waals surface area contributed by atoms with Crippen LogP contribution >= 0.6 is 0 Å². The van der Waals surface area contributed by atoms with Crippen LogP contribution in [0.25, 0.3) is 16.7 Å². The smallest absolute Gasteiger partial charge is 0.352 e. The number of nitrogens with one attached hydrogen (secondary N) is 2. The maximum Gasteiger partial charge on any atom is 0.352 e. The van der Waals surface area contributed by atoms with E-state index in [1.165, 1.54) is 8.97 Å². The van der Waals surface area contributed by atoms with Gasteiger partial charge in [-0.3, -0.25) is 19.0 Å². The molecule has 4 rings (SSSR count). The summed E-state index contributed by atoms with van der Waals surface area (Å²) in [6, 6.07) is 14.2. The van der Waals surface area contributed by atoms with E-state index in [1.54, 1.807) is 36.4 Å². The zero-order valence-electron chi connectivity index (χ0n) is 20.7. The highest BCUT2D eigenvalue weighted by atomic mass is 16.2. The predicted octanol–water partition coefficient (Wildman–Crippen LogP) is 2.17. The van der Waals surface area contributed by atoms with Gasteiger partial charge in [-0.1, -0.05) is 45.0 Å². The molecule has 2 aromatic heterocycles. The highest BCUT2D eigenvalue weighted by Crippen LogP contribution is 2.12. The lowest BCUT2D eigenvalue weighted by atomic mass is 10.1. The predicted molar refractivity (Wildman–Crippen MR) is 138 cm³/mol. The number of hydrogen-bond acceptors (Lipinski definition) is 5. The lowest BCUT2D eigenvalue weighted by Gasteiger charge is -2.10. The molecule has 0 atom stereocenters. The van der Waals surface area contributed by atoms with Gasteiger partial charge in [-0.2, -0.15) is 0 Å². The molecule has 188 valence electrons. The summed E-state index contributed by atoms with van der Waals surface area (Å²) in [4.78, 5) is 51.5. The van der Waals surface area contributed by atoms with Gasteiger partial charge >= 0.3 is 5.69 Å². The number of aromatic nitrogens is 4. The van der Waals surface area contributed by atoms with Crippen LogP contribution < -0.4 is 21.9 Å². The highest BCUT2D eigenvalue weighted by molar-refractivity contribution is 5.90. The summed E-state index contributed by atoms with van der Waals surface area (Å²) in [5.74, 6) is -0.234. The van der Waals surface area contributed by atoms with Crippen molar-refractivity contribution in [3.8, 4) is 0 Å². The largest absolute Gasteiger partial charge is 0.356 e. The van der Waals surface area contributed by atoms with Gasteiger partial charge in [-0.25, -0.2) is 13.9 Å². The summed E-state index contributed by atoms with van der Waals surface area (Å²) in [5, 5.41) is 10.2. The number of carbonyl (C=O) groups excluding carboxylic acids is 2. The van der Waals surface area contributed by atoms with Crippen LogP contribution in [0, 0.1) is 5.92 Å². The molecule has 4 aromatic rings. The van der Waals surface area contributed by atoms with E-state index in [4.69, 9.17) is 0 Å². The van der Waals surface area contributed by atoms with Gasteiger partial charge in [-0.15, -0.1) is 5.10 Å². The first-order valence-corrected chi connectivity index (χ1v) is 12.0. The van der Waals surface area contributed by atoms with E-state index in [-0.39, 0.29) is 36.8 Å². The minimum absolute atomic E-state index is 0.0452. The second-order valence-corrected chi connectivity index (χ2v) is 9.10. The summed E-state index contributed by atoms with van der Waals surface area (Å²) in [5.41, 5.74) is 1.25. The fraction of sp³-hybridized carbons (Fsp3) is 0.346. The van der Waals surface area contributed by atoms with Crippen molar-refractivity contribution in [2.75, 3.05) is 11.9 Å². The molecule has 2 N–H and O–H groups in total. The molecular weight excluding hydrogens is 460 g/mol. The van der Waals surface area contributed by atoms with Gasteiger partial charge in [-0.05, 0) is 42.2 Å². The molecule has 10 heteroatoms. The van der Waals surface area contributed by atoms with Gasteiger partial charge < -0.3 is 10.6 Å². The summed E-state index contributed by atoms with van der Waals surface area (Å²) in [6.45, 7) is 6.28. The number of nitrogens with zero attached hydrogens (tertiary/aromatic N) is 4. The summed E-state index contributed by atoms with van der Waals surface area (Å²) < 4.78 is 3.66. The molecule has 0 aliphatic heterocycles. The Morgan fingerprint density at radius 1 is 1.00 bits per heavy atom. The fourth-order valence-corrected chi connectivity index (χ4v) is 3.95. The summed E-state index contributed by atoms with van der Waals surface area (Å²) in [6.07, 6.45) is 0.940. The Bertz CT molecular complexity index is 1530. The molecule has 0 unspecified atom stereocenters.